The number of aryl methyl sites for hydroxylation is 1. The first-order valence-electron chi connectivity index (χ1n) is 14.6. The fourth-order valence-electron chi connectivity index (χ4n) is 6.35. The van der Waals surface area contributed by atoms with Crippen LogP contribution in [-0.2, 0) is 25.7 Å². The molecule has 39 heavy (non-hydrogen) atoms. The molecule has 11 heteroatoms. The molecule has 4 heterocycles. The second kappa shape index (κ2) is 11.1. The van der Waals surface area contributed by atoms with Gasteiger partial charge in [-0.2, -0.15) is 5.10 Å². The van der Waals surface area contributed by atoms with E-state index in [9.17, 15) is 9.59 Å². The second-order valence-corrected chi connectivity index (χ2v) is 11.3. The van der Waals surface area contributed by atoms with Crippen molar-refractivity contribution in [3.8, 4) is 0 Å². The number of nitrogens with one attached hydrogen (secondary N) is 3. The minimum Gasteiger partial charge on any atom is -0.381 e. The summed E-state index contributed by atoms with van der Waals surface area (Å²) < 4.78 is 7.42. The highest BCUT2D eigenvalue weighted by Crippen LogP contribution is 2.35. The zero-order chi connectivity index (χ0) is 26.8. The summed E-state index contributed by atoms with van der Waals surface area (Å²) in [7, 11) is 0. The van der Waals surface area contributed by atoms with E-state index in [2.05, 4.69) is 26.2 Å². The maximum Gasteiger partial charge on any atom is 0.297 e. The first kappa shape index (κ1) is 26.0. The number of aromatic nitrogens is 3. The number of fused-ring (bicyclic) bond motifs is 1. The van der Waals surface area contributed by atoms with Crippen LogP contribution in [-0.4, -0.2) is 69.2 Å². The first-order valence-corrected chi connectivity index (χ1v) is 14.6. The first-order chi connectivity index (χ1) is 19.1. The minimum absolute atomic E-state index is 0.0433. The van der Waals surface area contributed by atoms with Crippen molar-refractivity contribution in [2.45, 2.75) is 108 Å². The Morgan fingerprint density at radius 3 is 2.21 bits per heavy atom. The average molecular weight is 538 g/mol. The molecule has 0 bridgehead atoms. The van der Waals surface area contributed by atoms with Gasteiger partial charge in [0.25, 0.3) is 17.4 Å². The van der Waals surface area contributed by atoms with Crippen molar-refractivity contribution in [3.05, 3.63) is 18.0 Å². The Morgan fingerprint density at radius 2 is 1.59 bits per heavy atom. The fourth-order valence-corrected chi connectivity index (χ4v) is 6.35. The van der Waals surface area contributed by atoms with Crippen LogP contribution in [0.1, 0.15) is 83.1 Å². The lowest BCUT2D eigenvalue weighted by molar-refractivity contribution is -0.158. The number of ether oxygens (including phenoxy) is 1. The standard InChI is InChI=1S/C28H39N7O4/c1-2-35-25-22(17-30-35)24(31-20-11-13-38-14-12-20)21(16-29-25)23-15-28(39-34-23,26(36)32-18-7-3-4-8-18)27(37)33-19-9-5-6-10-19/h16-20H,2-15H2,1H3,(H,29,31)(H,32,36)(H,33,37). The van der Waals surface area contributed by atoms with Crippen molar-refractivity contribution in [1.82, 2.24) is 25.4 Å². The van der Waals surface area contributed by atoms with Gasteiger partial charge in [0.05, 0.1) is 29.4 Å². The monoisotopic (exact) mass is 537 g/mol. The molecule has 0 atom stereocenters. The molecule has 0 radical (unpaired) electrons. The Labute approximate surface area is 228 Å². The van der Waals surface area contributed by atoms with E-state index in [1.807, 2.05) is 17.8 Å². The van der Waals surface area contributed by atoms with E-state index < -0.39 is 17.4 Å². The Bertz CT molecular complexity index is 1210. The minimum atomic E-state index is -1.74. The summed E-state index contributed by atoms with van der Waals surface area (Å²) in [6.07, 6.45) is 13.4. The molecule has 0 aromatic carbocycles. The number of amides is 2. The topological polar surface area (TPSA) is 132 Å². The fraction of sp³-hybridized carbons (Fsp3) is 0.679. The van der Waals surface area contributed by atoms with Crippen LogP contribution >= 0.6 is 0 Å². The highest BCUT2D eigenvalue weighted by molar-refractivity contribution is 6.18. The number of carbonyl (C=O) groups excluding carboxylic acids is 2. The van der Waals surface area contributed by atoms with Crippen LogP contribution in [0.3, 0.4) is 0 Å². The molecule has 0 unspecified atom stereocenters. The lowest BCUT2D eigenvalue weighted by Gasteiger charge is -2.28. The Hall–Kier alpha value is -3.21. The molecule has 2 aromatic rings. The van der Waals surface area contributed by atoms with Gasteiger partial charge in [-0.15, -0.1) is 0 Å². The summed E-state index contributed by atoms with van der Waals surface area (Å²) >= 11 is 0. The van der Waals surface area contributed by atoms with Crippen LogP contribution in [0.5, 0.6) is 0 Å². The molecule has 4 aliphatic rings. The third-order valence-electron chi connectivity index (χ3n) is 8.69. The SMILES string of the molecule is CCn1ncc2c(NC3CCOCC3)c(C3=NOC(C(=O)NC4CCCC4)(C(=O)NC4CCCC4)C3)cnc21. The van der Waals surface area contributed by atoms with Crippen LogP contribution in [0.25, 0.3) is 11.0 Å². The molecule has 6 rings (SSSR count). The molecule has 0 spiro atoms. The number of pyridine rings is 1. The summed E-state index contributed by atoms with van der Waals surface area (Å²) in [5.74, 6) is -0.814. The molecule has 3 fully saturated rings. The quantitative estimate of drug-likeness (QED) is 0.441. The van der Waals surface area contributed by atoms with Gasteiger partial charge < -0.3 is 25.5 Å². The van der Waals surface area contributed by atoms with Crippen LogP contribution in [0.4, 0.5) is 5.69 Å². The van der Waals surface area contributed by atoms with E-state index in [0.717, 1.165) is 86.5 Å². The van der Waals surface area contributed by atoms with Gasteiger partial charge in [0.15, 0.2) is 5.65 Å². The molecule has 11 nitrogen and oxygen atoms in total. The number of anilines is 1. The van der Waals surface area contributed by atoms with Crippen molar-refractivity contribution in [2.75, 3.05) is 18.5 Å². The summed E-state index contributed by atoms with van der Waals surface area (Å²) in [5.41, 5.74) is 1.16. The van der Waals surface area contributed by atoms with E-state index in [4.69, 9.17) is 14.6 Å². The van der Waals surface area contributed by atoms with Crippen molar-refractivity contribution in [1.29, 1.82) is 0 Å². The molecule has 2 amide bonds. The number of nitrogens with zero attached hydrogens (tertiary/aromatic N) is 4. The Balaban J connectivity index is 1.32. The molecule has 1 saturated heterocycles. The highest BCUT2D eigenvalue weighted by atomic mass is 16.7. The molecule has 2 saturated carbocycles. The van der Waals surface area contributed by atoms with E-state index >= 15 is 0 Å². The summed E-state index contributed by atoms with van der Waals surface area (Å²) in [6, 6.07) is 0.340. The number of hydrogen-bond donors (Lipinski definition) is 3. The van der Waals surface area contributed by atoms with Crippen molar-refractivity contribution in [3.63, 3.8) is 0 Å². The maximum atomic E-state index is 13.7. The lowest BCUT2D eigenvalue weighted by Crippen LogP contribution is -2.60. The zero-order valence-corrected chi connectivity index (χ0v) is 22.7. The molecule has 210 valence electrons. The normalized spacial score (nSPS) is 22.1. The van der Waals surface area contributed by atoms with Gasteiger partial charge in [-0.05, 0) is 45.4 Å². The predicted octanol–water partition coefficient (Wildman–Crippen LogP) is 3.02. The number of carbonyl (C=O) groups is 2. The van der Waals surface area contributed by atoms with Crippen molar-refractivity contribution < 1.29 is 19.2 Å². The van der Waals surface area contributed by atoms with E-state index in [1.54, 1.807) is 6.20 Å². The zero-order valence-electron chi connectivity index (χ0n) is 22.7. The third-order valence-corrected chi connectivity index (χ3v) is 8.69. The summed E-state index contributed by atoms with van der Waals surface area (Å²) in [4.78, 5) is 38.1. The Morgan fingerprint density at radius 1 is 0.949 bits per heavy atom. The smallest absolute Gasteiger partial charge is 0.297 e. The van der Waals surface area contributed by atoms with Gasteiger partial charge in [0.1, 0.15) is 0 Å². The average Bonchev–Trinajstić information content (AvgIpc) is 3.77. The number of oxime groups is 1. The van der Waals surface area contributed by atoms with Gasteiger partial charge in [0.2, 0.25) is 0 Å². The highest BCUT2D eigenvalue weighted by Gasteiger charge is 2.55. The number of rotatable bonds is 8. The van der Waals surface area contributed by atoms with Crippen LogP contribution < -0.4 is 16.0 Å². The molecule has 3 N–H and O–H groups in total. The van der Waals surface area contributed by atoms with Gasteiger partial charge in [-0.1, -0.05) is 30.8 Å². The van der Waals surface area contributed by atoms with Gasteiger partial charge in [-0.25, -0.2) is 9.67 Å². The van der Waals surface area contributed by atoms with Crippen LogP contribution in [0.2, 0.25) is 0 Å². The van der Waals surface area contributed by atoms with E-state index in [0.29, 0.717) is 25.5 Å². The van der Waals surface area contributed by atoms with E-state index in [1.165, 1.54) is 0 Å². The van der Waals surface area contributed by atoms with Crippen molar-refractivity contribution in [2.24, 2.45) is 5.16 Å². The largest absolute Gasteiger partial charge is 0.381 e. The van der Waals surface area contributed by atoms with Crippen molar-refractivity contribution >= 4 is 34.2 Å². The molecule has 2 aliphatic heterocycles. The molecular formula is C28H39N7O4. The number of hydrogen-bond acceptors (Lipinski definition) is 8. The van der Waals surface area contributed by atoms with Crippen LogP contribution in [0, 0.1) is 0 Å². The third kappa shape index (κ3) is 5.08. The molecular weight excluding hydrogens is 498 g/mol. The molecule has 2 aliphatic carbocycles. The Kier molecular flexibility index (Phi) is 7.42. The van der Waals surface area contributed by atoms with Gasteiger partial charge in [-0.3, -0.25) is 9.59 Å². The van der Waals surface area contributed by atoms with E-state index in [-0.39, 0.29) is 24.5 Å². The summed E-state index contributed by atoms with van der Waals surface area (Å²) in [5, 5.41) is 19.7. The maximum absolute atomic E-state index is 13.7. The predicted molar refractivity (Wildman–Crippen MR) is 146 cm³/mol. The van der Waals surface area contributed by atoms with Crippen LogP contribution in [0.15, 0.2) is 17.5 Å². The molecule has 2 aromatic heterocycles. The second-order valence-electron chi connectivity index (χ2n) is 11.3. The van der Waals surface area contributed by atoms with Gasteiger partial charge in [0, 0.05) is 49.6 Å². The lowest BCUT2D eigenvalue weighted by atomic mass is 9.90. The van der Waals surface area contributed by atoms with Gasteiger partial charge >= 0.3 is 0 Å². The summed E-state index contributed by atoms with van der Waals surface area (Å²) in [6.45, 7) is 4.13.